The van der Waals surface area contributed by atoms with E-state index >= 15 is 0 Å². The molecule has 0 aliphatic carbocycles. The van der Waals surface area contributed by atoms with Gasteiger partial charge < -0.3 is 14.7 Å². The molecule has 20 heavy (non-hydrogen) atoms. The van der Waals surface area contributed by atoms with Gasteiger partial charge in [-0.25, -0.2) is 13.6 Å². The molecular weight excluding hydrogens is 268 g/mol. The summed E-state index contributed by atoms with van der Waals surface area (Å²) in [5.74, 6) is -3.13. The first kappa shape index (κ1) is 15.5. The van der Waals surface area contributed by atoms with E-state index in [4.69, 9.17) is 4.74 Å². The van der Waals surface area contributed by atoms with Gasteiger partial charge in [-0.05, 0) is 46.5 Å². The van der Waals surface area contributed by atoms with E-state index in [-0.39, 0.29) is 12.5 Å². The lowest BCUT2D eigenvalue weighted by atomic mass is 9.95. The molecule has 4 nitrogen and oxygen atoms in total. The van der Waals surface area contributed by atoms with Crippen LogP contribution < -0.4 is 0 Å². The summed E-state index contributed by atoms with van der Waals surface area (Å²) < 4.78 is 33.0. The first-order valence-electron chi connectivity index (χ1n) is 7.17. The Labute approximate surface area is 118 Å². The molecule has 6 heteroatoms. The molecular formula is C14H23F2NO3. The molecule has 2 rings (SSSR count). The van der Waals surface area contributed by atoms with Crippen LogP contribution in [-0.4, -0.2) is 45.8 Å². The van der Waals surface area contributed by atoms with Gasteiger partial charge in [0.2, 0.25) is 0 Å². The van der Waals surface area contributed by atoms with Crippen molar-refractivity contribution in [3.05, 3.63) is 0 Å². The molecule has 116 valence electrons. The van der Waals surface area contributed by atoms with Crippen LogP contribution in [0.15, 0.2) is 0 Å². The van der Waals surface area contributed by atoms with Crippen LogP contribution in [0.25, 0.3) is 0 Å². The van der Waals surface area contributed by atoms with Crippen molar-refractivity contribution in [1.82, 2.24) is 4.90 Å². The van der Waals surface area contributed by atoms with Gasteiger partial charge in [-0.15, -0.1) is 0 Å². The molecule has 2 bridgehead atoms. The number of aliphatic hydroxyl groups excluding tert-OH is 1. The Bertz CT molecular complexity index is 381. The smallest absolute Gasteiger partial charge is 0.410 e. The number of aliphatic hydroxyl groups is 1. The Morgan fingerprint density at radius 2 is 1.90 bits per heavy atom. The van der Waals surface area contributed by atoms with Crippen LogP contribution in [0, 0.1) is 0 Å². The third kappa shape index (κ3) is 3.22. The van der Waals surface area contributed by atoms with E-state index in [1.807, 2.05) is 0 Å². The highest BCUT2D eigenvalue weighted by Crippen LogP contribution is 2.40. The molecule has 0 aromatic heterocycles. The maximum atomic E-state index is 13.8. The molecule has 3 unspecified atom stereocenters. The lowest BCUT2D eigenvalue weighted by molar-refractivity contribution is -0.114. The number of hydrogen-bond donors (Lipinski definition) is 1. The highest BCUT2D eigenvalue weighted by molar-refractivity contribution is 5.69. The number of ether oxygens (including phenoxy) is 1. The third-order valence-electron chi connectivity index (χ3n) is 3.96. The van der Waals surface area contributed by atoms with E-state index in [9.17, 15) is 18.7 Å². The average molecular weight is 291 g/mol. The van der Waals surface area contributed by atoms with Gasteiger partial charge in [0.15, 0.2) is 0 Å². The summed E-state index contributed by atoms with van der Waals surface area (Å²) >= 11 is 0. The standard InChI is InChI=1S/C14H23F2NO3/c1-13(2,3)20-12(19)17-9-5-4-6-10(17)8-14(15,16)11(18)7-9/h9-11,18H,4-8H2,1-3H3. The van der Waals surface area contributed by atoms with Crippen molar-refractivity contribution in [3.63, 3.8) is 0 Å². The minimum Gasteiger partial charge on any atom is -0.444 e. The number of nitrogens with zero attached hydrogens (tertiary/aromatic N) is 1. The van der Waals surface area contributed by atoms with E-state index in [0.717, 1.165) is 6.42 Å². The van der Waals surface area contributed by atoms with Crippen LogP contribution in [0.5, 0.6) is 0 Å². The number of fused-ring (bicyclic) bond motifs is 2. The van der Waals surface area contributed by atoms with Gasteiger partial charge in [-0.2, -0.15) is 0 Å². The van der Waals surface area contributed by atoms with Crippen LogP contribution in [0.4, 0.5) is 13.6 Å². The largest absolute Gasteiger partial charge is 0.444 e. The van der Waals surface area contributed by atoms with E-state index in [1.54, 1.807) is 20.8 Å². The zero-order valence-corrected chi connectivity index (χ0v) is 12.2. The average Bonchev–Trinajstić information content (AvgIpc) is 2.29. The monoisotopic (exact) mass is 291 g/mol. The van der Waals surface area contributed by atoms with E-state index < -0.39 is 36.2 Å². The quantitative estimate of drug-likeness (QED) is 0.746. The van der Waals surface area contributed by atoms with Crippen LogP contribution in [-0.2, 0) is 4.74 Å². The first-order chi connectivity index (χ1) is 9.10. The van der Waals surface area contributed by atoms with E-state index in [1.165, 1.54) is 4.90 Å². The van der Waals surface area contributed by atoms with Crippen molar-refractivity contribution in [3.8, 4) is 0 Å². The lowest BCUT2D eigenvalue weighted by Crippen LogP contribution is -2.51. The number of hydrogen-bond acceptors (Lipinski definition) is 3. The third-order valence-corrected chi connectivity index (χ3v) is 3.96. The molecule has 1 N–H and O–H groups in total. The summed E-state index contributed by atoms with van der Waals surface area (Å²) in [6, 6.07) is -0.900. The van der Waals surface area contributed by atoms with Crippen molar-refractivity contribution in [1.29, 1.82) is 0 Å². The molecule has 2 saturated heterocycles. The van der Waals surface area contributed by atoms with Crippen molar-refractivity contribution >= 4 is 6.09 Å². The van der Waals surface area contributed by atoms with Crippen molar-refractivity contribution in [2.45, 2.75) is 82.6 Å². The Morgan fingerprint density at radius 3 is 2.50 bits per heavy atom. The molecule has 2 aliphatic heterocycles. The fourth-order valence-corrected chi connectivity index (χ4v) is 3.09. The molecule has 3 atom stereocenters. The van der Waals surface area contributed by atoms with Crippen LogP contribution in [0.3, 0.4) is 0 Å². The van der Waals surface area contributed by atoms with Gasteiger partial charge in [0.25, 0.3) is 5.92 Å². The molecule has 1 amide bonds. The zero-order chi connectivity index (χ0) is 15.1. The SMILES string of the molecule is CC(C)(C)OC(=O)N1C2CCCC1CC(F)(F)C(O)C2. The Morgan fingerprint density at radius 1 is 1.30 bits per heavy atom. The first-order valence-corrected chi connectivity index (χ1v) is 7.17. The van der Waals surface area contributed by atoms with E-state index in [0.29, 0.717) is 12.8 Å². The van der Waals surface area contributed by atoms with Crippen molar-refractivity contribution in [2.75, 3.05) is 0 Å². The van der Waals surface area contributed by atoms with Crippen LogP contribution in [0.2, 0.25) is 0 Å². The second kappa shape index (κ2) is 5.13. The van der Waals surface area contributed by atoms with Gasteiger partial charge in [0.1, 0.15) is 11.7 Å². The second-order valence-electron chi connectivity index (χ2n) is 6.84. The fourth-order valence-electron chi connectivity index (χ4n) is 3.09. The summed E-state index contributed by atoms with van der Waals surface area (Å²) in [7, 11) is 0. The minimum absolute atomic E-state index is 0.0806. The maximum absolute atomic E-state index is 13.8. The predicted molar refractivity (Wildman–Crippen MR) is 69.7 cm³/mol. The Hall–Kier alpha value is -0.910. The number of carbonyl (C=O) groups excluding carboxylic acids is 1. The Kier molecular flexibility index (Phi) is 3.97. The number of halogens is 2. The lowest BCUT2D eigenvalue weighted by Gasteiger charge is -2.41. The highest BCUT2D eigenvalue weighted by Gasteiger charge is 2.50. The van der Waals surface area contributed by atoms with Gasteiger partial charge in [0.05, 0.1) is 0 Å². The van der Waals surface area contributed by atoms with Gasteiger partial charge >= 0.3 is 6.09 Å². The van der Waals surface area contributed by atoms with Gasteiger partial charge in [-0.3, -0.25) is 0 Å². The number of rotatable bonds is 0. The predicted octanol–water partition coefficient (Wildman–Crippen LogP) is 2.93. The molecule has 0 saturated carbocycles. The van der Waals surface area contributed by atoms with Gasteiger partial charge in [-0.1, -0.05) is 0 Å². The molecule has 2 aliphatic rings. The second-order valence-corrected chi connectivity index (χ2v) is 6.84. The highest BCUT2D eigenvalue weighted by atomic mass is 19.3. The molecule has 2 heterocycles. The number of amides is 1. The molecule has 2 fully saturated rings. The zero-order valence-electron chi connectivity index (χ0n) is 12.2. The summed E-state index contributed by atoms with van der Waals surface area (Å²) in [5.41, 5.74) is -0.654. The summed E-state index contributed by atoms with van der Waals surface area (Å²) in [6.07, 6.45) is -0.803. The normalized spacial score (nSPS) is 33.5. The summed E-state index contributed by atoms with van der Waals surface area (Å²) in [5, 5.41) is 9.67. The van der Waals surface area contributed by atoms with Crippen LogP contribution >= 0.6 is 0 Å². The number of carbonyl (C=O) groups is 1. The number of alkyl halides is 2. The van der Waals surface area contributed by atoms with E-state index in [2.05, 4.69) is 0 Å². The molecule has 0 radical (unpaired) electrons. The Balaban J connectivity index is 2.22. The van der Waals surface area contributed by atoms with Crippen molar-refractivity contribution in [2.24, 2.45) is 0 Å². The molecule has 0 aromatic carbocycles. The maximum Gasteiger partial charge on any atom is 0.410 e. The summed E-state index contributed by atoms with van der Waals surface area (Å²) in [4.78, 5) is 13.7. The van der Waals surface area contributed by atoms with Crippen molar-refractivity contribution < 1.29 is 23.4 Å². The minimum atomic E-state index is -3.13. The fraction of sp³-hybridized carbons (Fsp3) is 0.929. The van der Waals surface area contributed by atoms with Gasteiger partial charge in [0, 0.05) is 18.5 Å². The van der Waals surface area contributed by atoms with Crippen LogP contribution in [0.1, 0.15) is 52.9 Å². The topological polar surface area (TPSA) is 49.8 Å². The molecule has 0 aromatic rings. The number of piperidine rings is 1. The summed E-state index contributed by atoms with van der Waals surface area (Å²) in [6.45, 7) is 5.26. The molecule has 0 spiro atoms.